The molecule has 1 aliphatic heterocycles. The van der Waals surface area contributed by atoms with Gasteiger partial charge in [-0.2, -0.15) is 5.10 Å². The van der Waals surface area contributed by atoms with Gasteiger partial charge in [0.1, 0.15) is 0 Å². The second kappa shape index (κ2) is 7.96. The van der Waals surface area contributed by atoms with Gasteiger partial charge < -0.3 is 15.0 Å². The van der Waals surface area contributed by atoms with Gasteiger partial charge in [-0.3, -0.25) is 9.48 Å². The number of nitrogens with one attached hydrogen (secondary N) is 2. The summed E-state index contributed by atoms with van der Waals surface area (Å²) in [6.45, 7) is 2.02. The van der Waals surface area contributed by atoms with Gasteiger partial charge in [-0.15, -0.1) is 0 Å². The number of aromatic amines is 1. The van der Waals surface area contributed by atoms with Gasteiger partial charge in [-0.25, -0.2) is 0 Å². The number of para-hydroxylation sites is 1. The number of carbonyl (C=O) groups excluding carboxylic acids is 1. The molecule has 0 bridgehead atoms. The van der Waals surface area contributed by atoms with Crippen molar-refractivity contribution in [2.75, 3.05) is 13.2 Å². The van der Waals surface area contributed by atoms with Gasteiger partial charge in [0.05, 0.1) is 18.9 Å². The van der Waals surface area contributed by atoms with E-state index in [4.69, 9.17) is 4.74 Å². The summed E-state index contributed by atoms with van der Waals surface area (Å²) in [6, 6.07) is 8.28. The van der Waals surface area contributed by atoms with Crippen molar-refractivity contribution in [3.63, 3.8) is 0 Å². The lowest BCUT2D eigenvalue weighted by Gasteiger charge is -2.13. The minimum absolute atomic E-state index is 0.107. The number of nitrogens with zero attached hydrogens (tertiary/aromatic N) is 2. The summed E-state index contributed by atoms with van der Waals surface area (Å²) in [5, 5.41) is 8.87. The fourth-order valence-corrected chi connectivity index (χ4v) is 3.87. The second-order valence-electron chi connectivity index (χ2n) is 7.11. The van der Waals surface area contributed by atoms with Crippen LogP contribution in [0.25, 0.3) is 10.9 Å². The van der Waals surface area contributed by atoms with Crippen molar-refractivity contribution in [1.82, 2.24) is 20.1 Å². The highest BCUT2D eigenvalue weighted by atomic mass is 16.5. The number of rotatable bonds is 7. The maximum atomic E-state index is 12.2. The van der Waals surface area contributed by atoms with Crippen LogP contribution >= 0.6 is 0 Å². The highest BCUT2D eigenvalue weighted by Gasteiger charge is 2.19. The third-order valence-corrected chi connectivity index (χ3v) is 5.30. The Hall–Kier alpha value is -2.60. The molecule has 6 heteroatoms. The molecular weight excluding hydrogens is 340 g/mol. The predicted octanol–water partition coefficient (Wildman–Crippen LogP) is 2.66. The van der Waals surface area contributed by atoms with E-state index >= 15 is 0 Å². The molecule has 0 fully saturated rings. The average Bonchev–Trinajstić information content (AvgIpc) is 3.24. The summed E-state index contributed by atoms with van der Waals surface area (Å²) < 4.78 is 7.51. The number of hydrogen-bond acceptors (Lipinski definition) is 3. The third-order valence-electron chi connectivity index (χ3n) is 5.30. The van der Waals surface area contributed by atoms with Crippen molar-refractivity contribution in [3.8, 4) is 0 Å². The van der Waals surface area contributed by atoms with Crippen molar-refractivity contribution in [2.45, 2.75) is 38.7 Å². The zero-order valence-corrected chi connectivity index (χ0v) is 15.8. The SMILES string of the molecule is Cn1nc(CCNC(=O)CCCc2c[nH]c3ccccc23)c2c1CCOC2. The van der Waals surface area contributed by atoms with Crippen molar-refractivity contribution in [2.24, 2.45) is 7.05 Å². The molecule has 0 saturated carbocycles. The molecule has 2 N–H and O–H groups in total. The maximum absolute atomic E-state index is 12.2. The lowest BCUT2D eigenvalue weighted by atomic mass is 10.1. The molecule has 142 valence electrons. The first-order valence-corrected chi connectivity index (χ1v) is 9.65. The van der Waals surface area contributed by atoms with E-state index in [1.165, 1.54) is 22.2 Å². The Bertz CT molecular complexity index is 941. The van der Waals surface area contributed by atoms with E-state index in [1.54, 1.807) is 0 Å². The number of amides is 1. The van der Waals surface area contributed by atoms with Crippen LogP contribution in [0.2, 0.25) is 0 Å². The zero-order chi connectivity index (χ0) is 18.6. The van der Waals surface area contributed by atoms with E-state index in [9.17, 15) is 4.79 Å². The van der Waals surface area contributed by atoms with Crippen molar-refractivity contribution >= 4 is 16.8 Å². The van der Waals surface area contributed by atoms with E-state index in [0.29, 0.717) is 19.6 Å². The Kier molecular flexibility index (Phi) is 5.25. The summed E-state index contributed by atoms with van der Waals surface area (Å²) in [7, 11) is 1.98. The van der Waals surface area contributed by atoms with Crippen LogP contribution in [-0.4, -0.2) is 33.8 Å². The standard InChI is InChI=1S/C21H26N4O2/c1-25-20-10-12-27-14-17(20)19(24-25)9-11-22-21(26)8-4-5-15-13-23-18-7-3-2-6-16(15)18/h2-3,6-7,13,23H,4-5,8-12,14H2,1H3,(H,22,26). The Morgan fingerprint density at radius 3 is 3.15 bits per heavy atom. The lowest BCUT2D eigenvalue weighted by Crippen LogP contribution is -2.26. The van der Waals surface area contributed by atoms with Crippen LogP contribution in [0.3, 0.4) is 0 Å². The van der Waals surface area contributed by atoms with Gasteiger partial charge in [0.15, 0.2) is 0 Å². The van der Waals surface area contributed by atoms with Crippen LogP contribution in [0.5, 0.6) is 0 Å². The van der Waals surface area contributed by atoms with Crippen LogP contribution in [0.15, 0.2) is 30.5 Å². The first-order chi connectivity index (χ1) is 13.2. The number of fused-ring (bicyclic) bond motifs is 2. The fraction of sp³-hybridized carbons (Fsp3) is 0.429. The molecule has 0 unspecified atom stereocenters. The zero-order valence-electron chi connectivity index (χ0n) is 15.8. The van der Waals surface area contributed by atoms with Crippen LogP contribution in [-0.2, 0) is 42.4 Å². The highest BCUT2D eigenvalue weighted by molar-refractivity contribution is 5.83. The maximum Gasteiger partial charge on any atom is 0.220 e. The molecule has 6 nitrogen and oxygen atoms in total. The van der Waals surface area contributed by atoms with Gasteiger partial charge in [-0.1, -0.05) is 18.2 Å². The monoisotopic (exact) mass is 366 g/mol. The summed E-state index contributed by atoms with van der Waals surface area (Å²) in [5.74, 6) is 0.107. The molecule has 3 aromatic rings. The number of carbonyl (C=O) groups is 1. The Balaban J connectivity index is 1.22. The van der Waals surface area contributed by atoms with Gasteiger partial charge in [0, 0.05) is 61.2 Å². The average molecular weight is 366 g/mol. The normalized spacial score (nSPS) is 13.7. The molecule has 0 aliphatic carbocycles. The van der Waals surface area contributed by atoms with Crippen LogP contribution in [0.1, 0.15) is 35.4 Å². The summed E-state index contributed by atoms with van der Waals surface area (Å²) in [4.78, 5) is 15.4. The molecule has 0 saturated heterocycles. The summed E-state index contributed by atoms with van der Waals surface area (Å²) >= 11 is 0. The molecule has 1 aliphatic rings. The van der Waals surface area contributed by atoms with Crippen molar-refractivity contribution in [3.05, 3.63) is 53.0 Å². The molecule has 3 heterocycles. The van der Waals surface area contributed by atoms with Gasteiger partial charge in [-0.05, 0) is 24.5 Å². The quantitative estimate of drug-likeness (QED) is 0.675. The van der Waals surface area contributed by atoms with Crippen molar-refractivity contribution < 1.29 is 9.53 Å². The molecule has 4 rings (SSSR count). The number of benzene rings is 1. The molecule has 27 heavy (non-hydrogen) atoms. The molecule has 2 aromatic heterocycles. The van der Waals surface area contributed by atoms with Crippen LogP contribution in [0.4, 0.5) is 0 Å². The minimum atomic E-state index is 0.107. The Labute approximate surface area is 158 Å². The smallest absolute Gasteiger partial charge is 0.220 e. The Morgan fingerprint density at radius 1 is 1.33 bits per heavy atom. The molecule has 0 spiro atoms. The highest BCUT2D eigenvalue weighted by Crippen LogP contribution is 2.21. The van der Waals surface area contributed by atoms with Gasteiger partial charge in [0.2, 0.25) is 5.91 Å². The number of H-pyrrole nitrogens is 1. The largest absolute Gasteiger partial charge is 0.376 e. The Morgan fingerprint density at radius 2 is 2.22 bits per heavy atom. The second-order valence-corrected chi connectivity index (χ2v) is 7.11. The fourth-order valence-electron chi connectivity index (χ4n) is 3.87. The van der Waals surface area contributed by atoms with E-state index in [2.05, 4.69) is 33.7 Å². The first-order valence-electron chi connectivity index (χ1n) is 9.65. The molecule has 0 radical (unpaired) electrons. The molecule has 1 aromatic carbocycles. The van der Waals surface area contributed by atoms with E-state index in [0.717, 1.165) is 43.5 Å². The number of aromatic nitrogens is 3. The number of ether oxygens (including phenoxy) is 1. The number of hydrogen-bond donors (Lipinski definition) is 2. The predicted molar refractivity (Wildman–Crippen MR) is 105 cm³/mol. The molecular formula is C21H26N4O2. The molecule has 1 amide bonds. The topological polar surface area (TPSA) is 71.9 Å². The summed E-state index contributed by atoms with van der Waals surface area (Å²) in [5.41, 5.74) is 5.95. The first kappa shape index (κ1) is 17.8. The van der Waals surface area contributed by atoms with Crippen LogP contribution in [0, 0.1) is 0 Å². The van der Waals surface area contributed by atoms with E-state index in [1.807, 2.05) is 23.9 Å². The van der Waals surface area contributed by atoms with Gasteiger partial charge in [0.25, 0.3) is 0 Å². The van der Waals surface area contributed by atoms with Gasteiger partial charge >= 0.3 is 0 Å². The van der Waals surface area contributed by atoms with E-state index < -0.39 is 0 Å². The third kappa shape index (κ3) is 3.90. The van der Waals surface area contributed by atoms with Crippen LogP contribution < -0.4 is 5.32 Å². The summed E-state index contributed by atoms with van der Waals surface area (Å²) in [6.07, 6.45) is 6.01. The minimum Gasteiger partial charge on any atom is -0.376 e. The van der Waals surface area contributed by atoms with E-state index in [-0.39, 0.29) is 5.91 Å². The number of aryl methyl sites for hydroxylation is 2. The lowest BCUT2D eigenvalue weighted by molar-refractivity contribution is -0.121. The molecule has 0 atom stereocenters. The van der Waals surface area contributed by atoms with Crippen molar-refractivity contribution in [1.29, 1.82) is 0 Å².